The smallest absolute Gasteiger partial charge is 0.248 e. The van der Waals surface area contributed by atoms with Crippen LogP contribution in [0.5, 0.6) is 0 Å². The molecule has 0 radical (unpaired) electrons. The maximum Gasteiger partial charge on any atom is 0.248 e. The van der Waals surface area contributed by atoms with Crippen LogP contribution in [0.4, 0.5) is 5.69 Å². The maximum absolute atomic E-state index is 12.3. The van der Waals surface area contributed by atoms with Crippen LogP contribution in [0.15, 0.2) is 45.8 Å². The van der Waals surface area contributed by atoms with Crippen molar-refractivity contribution in [3.63, 3.8) is 0 Å². The van der Waals surface area contributed by atoms with E-state index in [1.165, 1.54) is 11.0 Å². The Bertz CT molecular complexity index is 1040. The van der Waals surface area contributed by atoms with Crippen molar-refractivity contribution in [2.45, 2.75) is 19.8 Å². The van der Waals surface area contributed by atoms with Gasteiger partial charge in [-0.15, -0.1) is 15.3 Å². The quantitative estimate of drug-likeness (QED) is 0.546. The lowest BCUT2D eigenvalue weighted by molar-refractivity contribution is -0.116. The van der Waals surface area contributed by atoms with Crippen LogP contribution in [-0.4, -0.2) is 36.3 Å². The normalized spacial score (nSPS) is 10.9. The van der Waals surface area contributed by atoms with Crippen LogP contribution in [0.2, 0.25) is 0 Å². The van der Waals surface area contributed by atoms with Gasteiger partial charge in [-0.2, -0.15) is 11.3 Å². The average molecular weight is 381 g/mol. The summed E-state index contributed by atoms with van der Waals surface area (Å²) >= 11 is 1.56. The number of hydrogen-bond donors (Lipinski definition) is 1. The fraction of sp³-hybridized carbons (Fsp3) is 0.176. The predicted molar refractivity (Wildman–Crippen MR) is 98.5 cm³/mol. The minimum Gasteiger partial charge on any atom is -0.421 e. The van der Waals surface area contributed by atoms with E-state index in [-0.39, 0.29) is 12.3 Å². The fourth-order valence-corrected chi connectivity index (χ4v) is 3.09. The Labute approximate surface area is 158 Å². The molecule has 10 heteroatoms. The number of tetrazole rings is 1. The second-order valence-electron chi connectivity index (χ2n) is 5.81. The molecule has 0 aliphatic rings. The van der Waals surface area contributed by atoms with Crippen LogP contribution >= 0.6 is 11.3 Å². The van der Waals surface area contributed by atoms with E-state index in [0.29, 0.717) is 23.9 Å². The molecule has 3 heterocycles. The van der Waals surface area contributed by atoms with E-state index in [0.717, 1.165) is 16.8 Å². The number of aryl methyl sites for hydroxylation is 2. The molecule has 1 N–H and O–H groups in total. The number of carbonyl (C=O) groups is 1. The van der Waals surface area contributed by atoms with Crippen molar-refractivity contribution < 1.29 is 9.21 Å². The largest absolute Gasteiger partial charge is 0.421 e. The molecule has 1 amide bonds. The molecular weight excluding hydrogens is 366 g/mol. The molecule has 4 aromatic rings. The van der Waals surface area contributed by atoms with Crippen LogP contribution in [0, 0.1) is 6.92 Å². The highest BCUT2D eigenvalue weighted by Gasteiger charge is 2.12. The van der Waals surface area contributed by atoms with Gasteiger partial charge in [-0.1, -0.05) is 6.07 Å². The summed E-state index contributed by atoms with van der Waals surface area (Å²) in [6.45, 7) is 1.92. The van der Waals surface area contributed by atoms with Crippen LogP contribution in [-0.2, 0) is 11.2 Å². The molecule has 0 aliphatic heterocycles. The summed E-state index contributed by atoms with van der Waals surface area (Å²) in [6, 6.07) is 7.52. The summed E-state index contributed by atoms with van der Waals surface area (Å²) < 4.78 is 7.13. The number of anilines is 1. The molecule has 27 heavy (non-hydrogen) atoms. The zero-order valence-corrected chi connectivity index (χ0v) is 15.2. The maximum atomic E-state index is 12.3. The molecular formula is C17H15N7O2S. The zero-order valence-electron chi connectivity index (χ0n) is 14.4. The minimum atomic E-state index is -0.137. The molecule has 0 saturated heterocycles. The highest BCUT2D eigenvalue weighted by molar-refractivity contribution is 7.08. The Morgan fingerprint density at radius 2 is 2.22 bits per heavy atom. The third kappa shape index (κ3) is 3.90. The van der Waals surface area contributed by atoms with Crippen molar-refractivity contribution in [3.8, 4) is 17.1 Å². The minimum absolute atomic E-state index is 0.137. The lowest BCUT2D eigenvalue weighted by Crippen LogP contribution is -2.13. The number of nitrogens with one attached hydrogen (secondary N) is 1. The van der Waals surface area contributed by atoms with Crippen LogP contribution in [0.25, 0.3) is 17.1 Å². The Hall–Kier alpha value is -3.40. The predicted octanol–water partition coefficient (Wildman–Crippen LogP) is 2.65. The number of aromatic nitrogens is 6. The lowest BCUT2D eigenvalue weighted by Gasteiger charge is -2.10. The van der Waals surface area contributed by atoms with Gasteiger partial charge in [0.1, 0.15) is 6.33 Å². The van der Waals surface area contributed by atoms with E-state index in [9.17, 15) is 4.79 Å². The summed E-state index contributed by atoms with van der Waals surface area (Å²) in [5, 5.41) is 25.9. The molecule has 0 bridgehead atoms. The summed E-state index contributed by atoms with van der Waals surface area (Å²) in [5.41, 5.74) is 3.30. The summed E-state index contributed by atoms with van der Waals surface area (Å²) in [5.74, 6) is 0.768. The SMILES string of the molecule is Cc1ccc(-n2cnnn2)cc1NC(=O)CCc1nnc(-c2ccsc2)o1. The molecule has 4 rings (SSSR count). The molecule has 1 aromatic carbocycles. The standard InChI is InChI=1S/C17H15N7O2S/c1-11-2-3-13(24-10-18-22-23-24)8-14(11)19-15(25)4-5-16-20-21-17(26-16)12-6-7-27-9-12/h2-3,6-10H,4-5H2,1H3,(H,19,25). The van der Waals surface area contributed by atoms with Crippen LogP contribution in [0.1, 0.15) is 17.9 Å². The number of amides is 1. The van der Waals surface area contributed by atoms with Gasteiger partial charge in [0.25, 0.3) is 0 Å². The highest BCUT2D eigenvalue weighted by atomic mass is 32.1. The first-order valence-electron chi connectivity index (χ1n) is 8.18. The van der Waals surface area contributed by atoms with Gasteiger partial charge in [0.15, 0.2) is 0 Å². The number of rotatable bonds is 6. The van der Waals surface area contributed by atoms with Crippen molar-refractivity contribution in [1.29, 1.82) is 0 Å². The molecule has 9 nitrogen and oxygen atoms in total. The van der Waals surface area contributed by atoms with Gasteiger partial charge in [-0.3, -0.25) is 4.79 Å². The van der Waals surface area contributed by atoms with Crippen LogP contribution < -0.4 is 5.32 Å². The summed E-state index contributed by atoms with van der Waals surface area (Å²) in [7, 11) is 0. The fourth-order valence-electron chi connectivity index (χ4n) is 2.46. The van der Waals surface area contributed by atoms with E-state index in [1.54, 1.807) is 11.3 Å². The van der Waals surface area contributed by atoms with Crippen molar-refractivity contribution in [1.82, 2.24) is 30.4 Å². The monoisotopic (exact) mass is 381 g/mol. The van der Waals surface area contributed by atoms with Gasteiger partial charge in [-0.25, -0.2) is 4.68 Å². The van der Waals surface area contributed by atoms with E-state index in [2.05, 4.69) is 31.0 Å². The molecule has 0 spiro atoms. The average Bonchev–Trinajstić information content (AvgIpc) is 3.42. The molecule has 0 fully saturated rings. The zero-order chi connectivity index (χ0) is 18.6. The lowest BCUT2D eigenvalue weighted by atomic mass is 10.1. The molecule has 0 unspecified atom stereocenters. The van der Waals surface area contributed by atoms with Crippen molar-refractivity contribution in [3.05, 3.63) is 52.8 Å². The van der Waals surface area contributed by atoms with Gasteiger partial charge >= 0.3 is 0 Å². The van der Waals surface area contributed by atoms with E-state index in [4.69, 9.17) is 4.42 Å². The van der Waals surface area contributed by atoms with Gasteiger partial charge in [0, 0.05) is 29.5 Å². The molecule has 136 valence electrons. The van der Waals surface area contributed by atoms with Gasteiger partial charge in [0.2, 0.25) is 17.7 Å². The van der Waals surface area contributed by atoms with E-state index >= 15 is 0 Å². The van der Waals surface area contributed by atoms with Gasteiger partial charge in [-0.05, 0) is 46.5 Å². The first-order chi connectivity index (χ1) is 13.2. The van der Waals surface area contributed by atoms with Crippen molar-refractivity contribution in [2.75, 3.05) is 5.32 Å². The third-order valence-electron chi connectivity index (χ3n) is 3.91. The second-order valence-corrected chi connectivity index (χ2v) is 6.59. The molecule has 3 aromatic heterocycles. The van der Waals surface area contributed by atoms with Crippen molar-refractivity contribution in [2.24, 2.45) is 0 Å². The summed E-state index contributed by atoms with van der Waals surface area (Å²) in [4.78, 5) is 12.3. The van der Waals surface area contributed by atoms with E-state index < -0.39 is 0 Å². The number of benzene rings is 1. The summed E-state index contributed by atoms with van der Waals surface area (Å²) in [6.07, 6.45) is 2.10. The number of nitrogens with zero attached hydrogens (tertiary/aromatic N) is 6. The first kappa shape index (κ1) is 17.0. The Kier molecular flexibility index (Phi) is 4.71. The second kappa shape index (κ2) is 7.46. The molecule has 0 saturated carbocycles. The number of thiophene rings is 1. The number of carbonyl (C=O) groups excluding carboxylic acids is 1. The van der Waals surface area contributed by atoms with E-state index in [1.807, 2.05) is 41.9 Å². The molecule has 0 aliphatic carbocycles. The van der Waals surface area contributed by atoms with Crippen molar-refractivity contribution >= 4 is 22.9 Å². The first-order valence-corrected chi connectivity index (χ1v) is 9.12. The Balaban J connectivity index is 1.39. The third-order valence-corrected chi connectivity index (χ3v) is 4.59. The van der Waals surface area contributed by atoms with Crippen LogP contribution in [0.3, 0.4) is 0 Å². The highest BCUT2D eigenvalue weighted by Crippen LogP contribution is 2.22. The Morgan fingerprint density at radius 3 is 3.00 bits per heavy atom. The number of hydrogen-bond acceptors (Lipinski definition) is 8. The van der Waals surface area contributed by atoms with Gasteiger partial charge in [0.05, 0.1) is 5.69 Å². The topological polar surface area (TPSA) is 112 Å². The van der Waals surface area contributed by atoms with Gasteiger partial charge < -0.3 is 9.73 Å². The Morgan fingerprint density at radius 1 is 1.30 bits per heavy atom. The molecule has 0 atom stereocenters.